The van der Waals surface area contributed by atoms with E-state index in [4.69, 9.17) is 56.8 Å². The quantitative estimate of drug-likeness (QED) is 0.0371. The minimum Gasteiger partial charge on any atom is -0.497 e. The topological polar surface area (TPSA) is 177 Å². The molecule has 9 aromatic carbocycles. The maximum Gasteiger partial charge on any atom is 0.368 e. The summed E-state index contributed by atoms with van der Waals surface area (Å²) >= 11 is 1.22. The number of aliphatic hydroxyl groups excluding tert-OH is 1. The van der Waals surface area contributed by atoms with Crippen molar-refractivity contribution in [1.29, 1.82) is 0 Å². The lowest BCUT2D eigenvalue weighted by molar-refractivity contribution is -0.370. The monoisotopic (exact) mass is 1320 g/mol. The summed E-state index contributed by atoms with van der Waals surface area (Å²) in [6, 6.07) is 82.3. The predicted molar refractivity (Wildman–Crippen MR) is 363 cm³/mol. The predicted octanol–water partition coefficient (Wildman–Crippen LogP) is 12.8. The highest BCUT2D eigenvalue weighted by Gasteiger charge is 2.67. The molecule has 1 amide bonds. The Morgan fingerprint density at radius 3 is 1.45 bits per heavy atom. The van der Waals surface area contributed by atoms with E-state index >= 15 is 4.79 Å². The molecule has 0 saturated carbocycles. The summed E-state index contributed by atoms with van der Waals surface area (Å²) in [7, 11) is 1.57. The molecule has 2 saturated heterocycles. The largest absolute Gasteiger partial charge is 0.497 e. The molecule has 0 spiro atoms. The third kappa shape index (κ3) is 19.1. The van der Waals surface area contributed by atoms with Gasteiger partial charge in [-0.15, -0.1) is 11.8 Å². The van der Waals surface area contributed by atoms with Gasteiger partial charge in [-0.2, -0.15) is 0 Å². The second kappa shape index (κ2) is 35.5. The van der Waals surface area contributed by atoms with Gasteiger partial charge in [0.1, 0.15) is 66.1 Å². The standard InChI is InChI=1S/C79H81NO15S/c1-56(81)80-69-72(71(88-50-60-33-17-6-18-34-60)68(87-49-59-31-15-5-16-32-59)55-86-48-58-29-13-4-14-30-58)94-79(78(83)91-53-63-39-23-9-24-40-63,76(96-66-41-25-10-26-42-66)73(69)89-51-61-35-19-7-20-36-61)95-74-70(82)67(54-85-47-57-27-11-3-12-28-57)93-77(92-65-45-43-64(84-2)44-46-65)75(74)90-52-62-37-21-8-22-38-62/h3-46,67-77,82H,47-55H2,1-2H3,(H,80,81)/t67-,68-,69+,70+,71-,72-,73-,74+,75-,76+,77-,79+/m1/s1. The SMILES string of the molecule is COc1ccc(O[C@@H]2O[C@H](COCc3ccccc3)[C@H](O)[C@H](O[C@@]3(C(=O)OCc4ccccc4)O[C@@H]([C@H](OCc4ccccc4)[C@@H](COCc4ccccc4)OCc4ccccc4)[C@H](NC(C)=O)[C@@H](OCc4ccccc4)[C@@H]3Sc3ccccc3)[C@H]2OCc2ccccc2)cc1. The van der Waals surface area contributed by atoms with Gasteiger partial charge in [0.25, 0.3) is 5.79 Å². The summed E-state index contributed by atoms with van der Waals surface area (Å²) in [6.45, 7) is 1.26. The molecule has 12 atom stereocenters. The zero-order valence-corrected chi connectivity index (χ0v) is 54.5. The second-order valence-electron chi connectivity index (χ2n) is 23.4. The average Bonchev–Trinajstić information content (AvgIpc) is 0.726. The average molecular weight is 1320 g/mol. The number of amides is 1. The van der Waals surface area contributed by atoms with Crippen LogP contribution in [0.3, 0.4) is 0 Å². The van der Waals surface area contributed by atoms with Crippen LogP contribution in [0, 0.1) is 0 Å². The van der Waals surface area contributed by atoms with Crippen LogP contribution in [0.5, 0.6) is 11.5 Å². The van der Waals surface area contributed by atoms with Crippen LogP contribution in [0.15, 0.2) is 272 Å². The number of carbonyl (C=O) groups is 2. The Morgan fingerprint density at radius 1 is 0.510 bits per heavy atom. The number of benzene rings is 9. The normalized spacial score (nSPS) is 22.3. The molecule has 17 heteroatoms. The number of rotatable bonds is 33. The van der Waals surface area contributed by atoms with Gasteiger partial charge in [0, 0.05) is 11.8 Å². The Kier molecular flexibility index (Phi) is 25.4. The lowest BCUT2D eigenvalue weighted by Crippen LogP contribution is -2.76. The van der Waals surface area contributed by atoms with Crippen LogP contribution in [0.1, 0.15) is 45.9 Å². The number of ether oxygens (including phenoxy) is 12. The van der Waals surface area contributed by atoms with Gasteiger partial charge in [0.15, 0.2) is 0 Å². The number of hydrogen-bond acceptors (Lipinski definition) is 16. The highest BCUT2D eigenvalue weighted by molar-refractivity contribution is 8.00. The Bertz CT molecular complexity index is 3710. The van der Waals surface area contributed by atoms with Crippen LogP contribution in [-0.2, 0) is 103 Å². The third-order valence-corrected chi connectivity index (χ3v) is 17.8. The van der Waals surface area contributed by atoms with E-state index in [0.29, 0.717) is 22.0 Å². The van der Waals surface area contributed by atoms with Gasteiger partial charge in [0.05, 0.1) is 72.1 Å². The molecule has 0 bridgehead atoms. The van der Waals surface area contributed by atoms with Crippen LogP contribution in [0.25, 0.3) is 0 Å². The first-order valence-corrected chi connectivity index (χ1v) is 33.1. The lowest BCUT2D eigenvalue weighted by atomic mass is 9.86. The molecule has 2 aliphatic heterocycles. The van der Waals surface area contributed by atoms with Crippen LogP contribution in [-0.4, -0.2) is 110 Å². The van der Waals surface area contributed by atoms with Crippen LogP contribution >= 0.6 is 11.8 Å². The van der Waals surface area contributed by atoms with Crippen molar-refractivity contribution in [3.8, 4) is 11.5 Å². The molecule has 0 aromatic heterocycles. The molecule has 0 unspecified atom stereocenters. The number of methoxy groups -OCH3 is 1. The molecule has 96 heavy (non-hydrogen) atoms. The van der Waals surface area contributed by atoms with E-state index in [0.717, 1.165) is 33.4 Å². The smallest absolute Gasteiger partial charge is 0.368 e. The molecule has 9 aromatic rings. The van der Waals surface area contributed by atoms with E-state index in [1.54, 1.807) is 31.4 Å². The second-order valence-corrected chi connectivity index (χ2v) is 24.6. The number of hydrogen-bond donors (Lipinski definition) is 2. The van der Waals surface area contributed by atoms with Gasteiger partial charge in [-0.1, -0.05) is 231 Å². The first-order valence-electron chi connectivity index (χ1n) is 32.2. The van der Waals surface area contributed by atoms with Gasteiger partial charge in [-0.25, -0.2) is 4.79 Å². The van der Waals surface area contributed by atoms with E-state index < -0.39 is 84.1 Å². The molecule has 2 heterocycles. The van der Waals surface area contributed by atoms with Gasteiger partial charge < -0.3 is 67.3 Å². The number of nitrogens with one attached hydrogen (secondary N) is 1. The van der Waals surface area contributed by atoms with E-state index in [9.17, 15) is 9.90 Å². The first-order chi connectivity index (χ1) is 47.2. The maximum atomic E-state index is 17.0. The number of thioether (sulfide) groups is 1. The third-order valence-electron chi connectivity index (χ3n) is 16.4. The number of carbonyl (C=O) groups excluding carboxylic acids is 2. The summed E-state index contributed by atoms with van der Waals surface area (Å²) in [5.74, 6) is -3.21. The minimum atomic E-state index is -2.70. The fourth-order valence-electron chi connectivity index (χ4n) is 11.6. The van der Waals surface area contributed by atoms with Crippen molar-refractivity contribution in [2.24, 2.45) is 0 Å². The molecule has 2 fully saturated rings. The molecular formula is C79H81NO15S. The molecule has 0 aliphatic carbocycles. The van der Waals surface area contributed by atoms with Crippen molar-refractivity contribution in [3.05, 3.63) is 306 Å². The number of esters is 1. The fourth-order valence-corrected chi connectivity index (χ4v) is 13.0. The van der Waals surface area contributed by atoms with Crippen molar-refractivity contribution in [1.82, 2.24) is 5.32 Å². The molecule has 0 radical (unpaired) electrons. The summed E-state index contributed by atoms with van der Waals surface area (Å²) in [4.78, 5) is 32.0. The lowest BCUT2D eigenvalue weighted by Gasteiger charge is -2.55. The zero-order chi connectivity index (χ0) is 66.2. The van der Waals surface area contributed by atoms with Crippen LogP contribution in [0.2, 0.25) is 0 Å². The van der Waals surface area contributed by atoms with Gasteiger partial charge in [-0.05, 0) is 75.3 Å². The molecule has 11 rings (SSSR count). The van der Waals surface area contributed by atoms with Crippen LogP contribution in [0.4, 0.5) is 0 Å². The highest BCUT2D eigenvalue weighted by atomic mass is 32.2. The fraction of sp³-hybridized carbons (Fsp3) is 0.291. The maximum absolute atomic E-state index is 17.0. The van der Waals surface area contributed by atoms with Crippen LogP contribution < -0.4 is 14.8 Å². The minimum absolute atomic E-state index is 0.00476. The van der Waals surface area contributed by atoms with E-state index in [1.165, 1.54) is 18.7 Å². The first kappa shape index (κ1) is 68.8. The summed E-state index contributed by atoms with van der Waals surface area (Å²) < 4.78 is 83.7. The summed E-state index contributed by atoms with van der Waals surface area (Å²) in [5.41, 5.74) is 5.65. The molecular weight excluding hydrogens is 1230 g/mol. The Morgan fingerprint density at radius 2 is 0.948 bits per heavy atom. The number of aliphatic hydroxyl groups is 1. The van der Waals surface area contributed by atoms with Crippen molar-refractivity contribution in [3.63, 3.8) is 0 Å². The van der Waals surface area contributed by atoms with Gasteiger partial charge in [-0.3, -0.25) is 4.79 Å². The van der Waals surface area contributed by atoms with E-state index in [2.05, 4.69) is 5.32 Å². The van der Waals surface area contributed by atoms with Gasteiger partial charge >= 0.3 is 5.97 Å². The Labute approximate surface area is 565 Å². The summed E-state index contributed by atoms with van der Waals surface area (Å²) in [6.07, 6.45) is -12.3. The highest BCUT2D eigenvalue weighted by Crippen LogP contribution is 2.48. The van der Waals surface area contributed by atoms with Crippen molar-refractivity contribution >= 4 is 23.6 Å². The Balaban J connectivity index is 1.13. The Hall–Kier alpha value is -8.53. The van der Waals surface area contributed by atoms with Gasteiger partial charge in [0.2, 0.25) is 12.2 Å². The van der Waals surface area contributed by atoms with Crippen molar-refractivity contribution in [2.45, 2.75) is 130 Å². The molecule has 498 valence electrons. The molecule has 16 nitrogen and oxygen atoms in total. The summed E-state index contributed by atoms with van der Waals surface area (Å²) in [5, 5.41) is 15.5. The zero-order valence-electron chi connectivity index (χ0n) is 53.7. The van der Waals surface area contributed by atoms with Crippen molar-refractivity contribution in [2.75, 3.05) is 20.3 Å². The molecule has 2 aliphatic rings. The van der Waals surface area contributed by atoms with E-state index in [1.807, 2.05) is 243 Å². The molecule has 2 N–H and O–H groups in total. The van der Waals surface area contributed by atoms with E-state index in [-0.39, 0.29) is 59.5 Å². The van der Waals surface area contributed by atoms with Crippen molar-refractivity contribution < 1.29 is 71.5 Å².